The lowest BCUT2D eigenvalue weighted by atomic mass is 9.99. The zero-order chi connectivity index (χ0) is 20.2. The van der Waals surface area contributed by atoms with Crippen molar-refractivity contribution >= 4 is 22.4 Å². The summed E-state index contributed by atoms with van der Waals surface area (Å²) in [6, 6.07) is 13.7. The van der Waals surface area contributed by atoms with E-state index in [2.05, 4.69) is 46.3 Å². The van der Waals surface area contributed by atoms with E-state index >= 15 is 0 Å². The fourth-order valence-corrected chi connectivity index (χ4v) is 4.07. The minimum atomic E-state index is -1.12. The minimum absolute atomic E-state index is 0.0704. The van der Waals surface area contributed by atoms with Crippen LogP contribution >= 0.6 is 0 Å². The molecule has 29 heavy (non-hydrogen) atoms. The van der Waals surface area contributed by atoms with E-state index in [4.69, 9.17) is 5.11 Å². The summed E-state index contributed by atoms with van der Waals surface area (Å²) in [7, 11) is 0. The van der Waals surface area contributed by atoms with Crippen LogP contribution in [-0.2, 0) is 6.42 Å². The molecule has 5 nitrogen and oxygen atoms in total. The van der Waals surface area contributed by atoms with Gasteiger partial charge in [-0.25, -0.2) is 4.79 Å². The first-order chi connectivity index (χ1) is 14.1. The van der Waals surface area contributed by atoms with Crippen molar-refractivity contribution in [2.75, 3.05) is 19.6 Å². The summed E-state index contributed by atoms with van der Waals surface area (Å²) in [4.78, 5) is 16.8. The Morgan fingerprint density at radius 3 is 2.69 bits per heavy atom. The Balaban J connectivity index is 1.29. The van der Waals surface area contributed by atoms with E-state index in [9.17, 15) is 9.90 Å². The van der Waals surface area contributed by atoms with Crippen LogP contribution in [0.1, 0.15) is 40.7 Å². The number of carboxylic acids is 1. The van der Waals surface area contributed by atoms with Crippen LogP contribution in [0.15, 0.2) is 54.7 Å². The van der Waals surface area contributed by atoms with E-state index < -0.39 is 5.97 Å². The van der Waals surface area contributed by atoms with E-state index in [0.29, 0.717) is 0 Å². The lowest BCUT2D eigenvalue weighted by molar-refractivity contribution is 0.0694. The number of nitrogens with one attached hydrogen (secondary N) is 1. The number of aryl methyl sites for hydroxylation is 1. The summed E-state index contributed by atoms with van der Waals surface area (Å²) >= 11 is 0. The van der Waals surface area contributed by atoms with Crippen LogP contribution in [0, 0.1) is 0 Å². The molecule has 1 aliphatic heterocycles. The van der Waals surface area contributed by atoms with Gasteiger partial charge in [-0.3, -0.25) is 4.90 Å². The van der Waals surface area contributed by atoms with E-state index in [1.807, 2.05) is 6.20 Å². The van der Waals surface area contributed by atoms with Crippen molar-refractivity contribution in [3.8, 4) is 5.75 Å². The number of H-pyrrole nitrogens is 1. The molecule has 0 atom stereocenters. The average Bonchev–Trinajstić information content (AvgIpc) is 3.13. The number of unbranched alkanes of at least 4 members (excludes halogenated alkanes) is 1. The molecule has 3 aromatic rings. The molecule has 5 heteroatoms. The molecule has 0 saturated carbocycles. The maximum Gasteiger partial charge on any atom is 0.339 e. The van der Waals surface area contributed by atoms with Gasteiger partial charge in [-0.1, -0.05) is 36.4 Å². The Morgan fingerprint density at radius 1 is 1.14 bits per heavy atom. The highest BCUT2D eigenvalue weighted by Crippen LogP contribution is 2.28. The molecule has 0 amide bonds. The molecular formula is C24H26N2O3. The molecule has 0 spiro atoms. The lowest BCUT2D eigenvalue weighted by Gasteiger charge is -2.26. The summed E-state index contributed by atoms with van der Waals surface area (Å²) in [5.74, 6) is -1.30. The maximum absolute atomic E-state index is 11.2. The van der Waals surface area contributed by atoms with Gasteiger partial charge in [0.05, 0.1) is 0 Å². The fraction of sp³-hybridized carbons (Fsp3) is 0.292. The van der Waals surface area contributed by atoms with E-state index in [1.165, 1.54) is 17.2 Å². The van der Waals surface area contributed by atoms with Gasteiger partial charge in [-0.15, -0.1) is 0 Å². The Bertz CT molecular complexity index is 1040. The summed E-state index contributed by atoms with van der Waals surface area (Å²) in [6.07, 6.45) is 8.44. The third-order valence-corrected chi connectivity index (χ3v) is 5.72. The molecule has 0 radical (unpaired) electrons. The first-order valence-corrected chi connectivity index (χ1v) is 10.1. The molecule has 150 valence electrons. The van der Waals surface area contributed by atoms with Crippen molar-refractivity contribution in [2.45, 2.75) is 25.7 Å². The zero-order valence-corrected chi connectivity index (χ0v) is 16.4. The van der Waals surface area contributed by atoms with Crippen LogP contribution in [-0.4, -0.2) is 45.7 Å². The number of phenols is 1. The molecule has 1 aromatic heterocycles. The summed E-state index contributed by atoms with van der Waals surface area (Å²) in [6.45, 7) is 3.18. The predicted octanol–water partition coefficient (Wildman–Crippen LogP) is 4.68. The van der Waals surface area contributed by atoms with Crippen LogP contribution < -0.4 is 0 Å². The highest BCUT2D eigenvalue weighted by molar-refractivity contribution is 5.97. The molecule has 2 heterocycles. The van der Waals surface area contributed by atoms with Crippen LogP contribution in [0.2, 0.25) is 0 Å². The van der Waals surface area contributed by atoms with Crippen LogP contribution in [0.25, 0.3) is 16.5 Å². The molecule has 1 aliphatic rings. The SMILES string of the molecule is O=C(O)c1cc2[nH]cc(CCCCN3CC=C(c4ccccc4)CC3)c2cc1O. The van der Waals surface area contributed by atoms with Gasteiger partial charge < -0.3 is 15.2 Å². The number of rotatable bonds is 7. The first kappa shape index (κ1) is 19.3. The number of fused-ring (bicyclic) bond motifs is 1. The standard InChI is InChI=1S/C24H26N2O3/c27-23-15-20-19(16-25-22(20)14-21(23)24(28)29)8-4-5-11-26-12-9-18(10-13-26)17-6-2-1-3-7-17/h1-3,6-7,9,14-16,25,27H,4-5,8,10-13H2,(H,28,29). The number of aromatic amines is 1. The number of benzene rings is 2. The van der Waals surface area contributed by atoms with Crippen molar-refractivity contribution in [1.82, 2.24) is 9.88 Å². The van der Waals surface area contributed by atoms with Crippen LogP contribution in [0.4, 0.5) is 0 Å². The lowest BCUT2D eigenvalue weighted by Crippen LogP contribution is -2.29. The number of aromatic carboxylic acids is 1. The smallest absolute Gasteiger partial charge is 0.339 e. The molecule has 3 N–H and O–H groups in total. The fourth-order valence-electron chi connectivity index (χ4n) is 4.07. The van der Waals surface area contributed by atoms with Gasteiger partial charge in [0.15, 0.2) is 0 Å². The highest BCUT2D eigenvalue weighted by Gasteiger charge is 2.15. The van der Waals surface area contributed by atoms with Gasteiger partial charge in [0, 0.05) is 30.2 Å². The predicted molar refractivity (Wildman–Crippen MR) is 115 cm³/mol. The normalized spacial score (nSPS) is 14.8. The maximum atomic E-state index is 11.2. The molecule has 0 fully saturated rings. The van der Waals surface area contributed by atoms with Gasteiger partial charge in [-0.2, -0.15) is 0 Å². The number of carbonyl (C=O) groups is 1. The highest BCUT2D eigenvalue weighted by atomic mass is 16.4. The number of aromatic nitrogens is 1. The third kappa shape index (κ3) is 4.35. The molecule has 4 rings (SSSR count). The van der Waals surface area contributed by atoms with Crippen molar-refractivity contribution in [3.63, 3.8) is 0 Å². The quantitative estimate of drug-likeness (QED) is 0.512. The number of nitrogens with zero attached hydrogens (tertiary/aromatic N) is 1. The van der Waals surface area contributed by atoms with Gasteiger partial charge in [0.1, 0.15) is 11.3 Å². The Hall–Kier alpha value is -3.05. The van der Waals surface area contributed by atoms with Gasteiger partial charge in [-0.05, 0) is 61.1 Å². The molecule has 2 aromatic carbocycles. The van der Waals surface area contributed by atoms with Crippen molar-refractivity contribution in [2.24, 2.45) is 0 Å². The Kier molecular flexibility index (Phi) is 5.67. The van der Waals surface area contributed by atoms with Crippen molar-refractivity contribution in [3.05, 3.63) is 71.4 Å². The van der Waals surface area contributed by atoms with E-state index in [-0.39, 0.29) is 11.3 Å². The monoisotopic (exact) mass is 390 g/mol. The molecule has 0 saturated heterocycles. The average molecular weight is 390 g/mol. The first-order valence-electron chi connectivity index (χ1n) is 10.1. The summed E-state index contributed by atoms with van der Waals surface area (Å²) in [5, 5.41) is 20.0. The van der Waals surface area contributed by atoms with Crippen LogP contribution in [0.5, 0.6) is 5.75 Å². The van der Waals surface area contributed by atoms with Crippen molar-refractivity contribution in [1.29, 1.82) is 0 Å². The number of carboxylic acid groups (broad SMARTS) is 1. The second-order valence-electron chi connectivity index (χ2n) is 7.64. The van der Waals surface area contributed by atoms with E-state index in [1.54, 1.807) is 6.07 Å². The third-order valence-electron chi connectivity index (χ3n) is 5.72. The van der Waals surface area contributed by atoms with Gasteiger partial charge in [0.25, 0.3) is 0 Å². The molecule has 0 aliphatic carbocycles. The van der Waals surface area contributed by atoms with Gasteiger partial charge in [0.2, 0.25) is 0 Å². The summed E-state index contributed by atoms with van der Waals surface area (Å²) in [5.41, 5.74) is 4.59. The second kappa shape index (κ2) is 8.53. The molecule has 0 bridgehead atoms. The minimum Gasteiger partial charge on any atom is -0.507 e. The number of aromatic hydroxyl groups is 1. The van der Waals surface area contributed by atoms with Crippen molar-refractivity contribution < 1.29 is 15.0 Å². The Labute approximate surface area is 170 Å². The summed E-state index contributed by atoms with van der Waals surface area (Å²) < 4.78 is 0. The zero-order valence-electron chi connectivity index (χ0n) is 16.4. The Morgan fingerprint density at radius 2 is 1.97 bits per heavy atom. The molecular weight excluding hydrogens is 364 g/mol. The number of hydrogen-bond donors (Lipinski definition) is 3. The second-order valence-corrected chi connectivity index (χ2v) is 7.64. The molecule has 0 unspecified atom stereocenters. The van der Waals surface area contributed by atoms with E-state index in [0.717, 1.165) is 61.8 Å². The largest absolute Gasteiger partial charge is 0.507 e. The van der Waals surface area contributed by atoms with Gasteiger partial charge >= 0.3 is 5.97 Å². The topological polar surface area (TPSA) is 76.6 Å². The number of hydrogen-bond acceptors (Lipinski definition) is 3. The van der Waals surface area contributed by atoms with Crippen LogP contribution in [0.3, 0.4) is 0 Å².